The molecule has 2 N–H and O–H groups in total. The molecule has 1 aromatic carbocycles. The Morgan fingerprint density at radius 1 is 1.45 bits per heavy atom. The van der Waals surface area contributed by atoms with Crippen LogP contribution in [-0.2, 0) is 4.79 Å². The molecule has 0 radical (unpaired) electrons. The predicted molar refractivity (Wildman–Crippen MR) is 87.2 cm³/mol. The SMILES string of the molecule is C[C@H]1C[C@@H](C(=O)Nc2ccc3oc(N(C)C)nc3c2)CCN1. The minimum absolute atomic E-state index is 0.0709. The third kappa shape index (κ3) is 3.06. The summed E-state index contributed by atoms with van der Waals surface area (Å²) in [6, 6.07) is 6.51. The second-order valence-corrected chi connectivity index (χ2v) is 6.14. The minimum atomic E-state index is 0.0709. The summed E-state index contributed by atoms with van der Waals surface area (Å²) in [6.07, 6.45) is 1.76. The number of benzene rings is 1. The third-order valence-corrected chi connectivity index (χ3v) is 4.02. The predicted octanol–water partition coefficient (Wildman–Crippen LogP) is 2.22. The number of oxazole rings is 1. The van der Waals surface area contributed by atoms with E-state index >= 15 is 0 Å². The Kier molecular flexibility index (Phi) is 4.02. The van der Waals surface area contributed by atoms with Gasteiger partial charge in [-0.15, -0.1) is 0 Å². The van der Waals surface area contributed by atoms with Gasteiger partial charge in [-0.2, -0.15) is 4.98 Å². The number of carbonyl (C=O) groups is 1. The van der Waals surface area contributed by atoms with Gasteiger partial charge in [0.25, 0.3) is 6.01 Å². The van der Waals surface area contributed by atoms with Crippen LogP contribution in [-0.4, -0.2) is 37.6 Å². The van der Waals surface area contributed by atoms with Crippen molar-refractivity contribution in [3.05, 3.63) is 18.2 Å². The van der Waals surface area contributed by atoms with Crippen LogP contribution < -0.4 is 15.5 Å². The average Bonchev–Trinajstić information content (AvgIpc) is 2.90. The molecular weight excluding hydrogens is 280 g/mol. The van der Waals surface area contributed by atoms with E-state index < -0.39 is 0 Å². The van der Waals surface area contributed by atoms with E-state index in [0.717, 1.165) is 36.2 Å². The van der Waals surface area contributed by atoms with Crippen LogP contribution >= 0.6 is 0 Å². The summed E-state index contributed by atoms with van der Waals surface area (Å²) in [7, 11) is 3.76. The third-order valence-electron chi connectivity index (χ3n) is 4.02. The number of carbonyl (C=O) groups excluding carboxylic acids is 1. The molecular formula is C16H22N4O2. The summed E-state index contributed by atoms with van der Waals surface area (Å²) >= 11 is 0. The van der Waals surface area contributed by atoms with E-state index in [0.29, 0.717) is 12.1 Å². The van der Waals surface area contributed by atoms with E-state index in [-0.39, 0.29) is 11.8 Å². The average molecular weight is 302 g/mol. The molecule has 2 aromatic rings. The normalized spacial score (nSPS) is 21.8. The Labute approximate surface area is 129 Å². The molecule has 1 fully saturated rings. The van der Waals surface area contributed by atoms with Gasteiger partial charge in [-0.3, -0.25) is 4.79 Å². The standard InChI is InChI=1S/C16H22N4O2/c1-10-8-11(6-7-17-10)15(21)18-12-4-5-14-13(9-12)19-16(22-14)20(2)3/h4-5,9-11,17H,6-8H2,1-3H3,(H,18,21)/t10-,11-/m0/s1. The van der Waals surface area contributed by atoms with Crippen molar-refractivity contribution < 1.29 is 9.21 Å². The van der Waals surface area contributed by atoms with Crippen molar-refractivity contribution in [3.8, 4) is 0 Å². The second-order valence-electron chi connectivity index (χ2n) is 6.14. The Morgan fingerprint density at radius 2 is 2.27 bits per heavy atom. The zero-order valence-electron chi connectivity index (χ0n) is 13.2. The highest BCUT2D eigenvalue weighted by Crippen LogP contribution is 2.25. The fraction of sp³-hybridized carbons (Fsp3) is 0.500. The number of piperidine rings is 1. The Morgan fingerprint density at radius 3 is 3.00 bits per heavy atom. The lowest BCUT2D eigenvalue weighted by Gasteiger charge is -2.27. The van der Waals surface area contributed by atoms with Gasteiger partial charge in [-0.25, -0.2) is 0 Å². The lowest BCUT2D eigenvalue weighted by molar-refractivity contribution is -0.120. The van der Waals surface area contributed by atoms with Gasteiger partial charge in [-0.05, 0) is 44.5 Å². The zero-order chi connectivity index (χ0) is 15.7. The number of fused-ring (bicyclic) bond motifs is 1. The molecule has 6 nitrogen and oxygen atoms in total. The smallest absolute Gasteiger partial charge is 0.297 e. The molecule has 118 valence electrons. The van der Waals surface area contributed by atoms with E-state index in [4.69, 9.17) is 4.42 Å². The van der Waals surface area contributed by atoms with Gasteiger partial charge >= 0.3 is 0 Å². The molecule has 6 heteroatoms. The molecule has 1 aliphatic rings. The van der Waals surface area contributed by atoms with Crippen LogP contribution in [0, 0.1) is 5.92 Å². The van der Waals surface area contributed by atoms with E-state index in [1.54, 1.807) is 0 Å². The van der Waals surface area contributed by atoms with Crippen LogP contribution in [0.2, 0.25) is 0 Å². The van der Waals surface area contributed by atoms with Crippen molar-refractivity contribution in [2.24, 2.45) is 5.92 Å². The molecule has 2 atom stereocenters. The van der Waals surface area contributed by atoms with Crippen molar-refractivity contribution in [2.75, 3.05) is 30.9 Å². The number of hydrogen-bond acceptors (Lipinski definition) is 5. The Bertz CT molecular complexity index is 680. The van der Waals surface area contributed by atoms with Crippen molar-refractivity contribution in [1.82, 2.24) is 10.3 Å². The molecule has 1 aromatic heterocycles. The van der Waals surface area contributed by atoms with Gasteiger partial charge in [0.15, 0.2) is 5.58 Å². The summed E-state index contributed by atoms with van der Waals surface area (Å²) in [5.74, 6) is 0.158. The quantitative estimate of drug-likeness (QED) is 0.910. The maximum absolute atomic E-state index is 12.4. The number of rotatable bonds is 3. The van der Waals surface area contributed by atoms with Crippen LogP contribution in [0.1, 0.15) is 19.8 Å². The number of nitrogens with one attached hydrogen (secondary N) is 2. The van der Waals surface area contributed by atoms with Crippen molar-refractivity contribution in [3.63, 3.8) is 0 Å². The second kappa shape index (κ2) is 5.96. The fourth-order valence-corrected chi connectivity index (χ4v) is 2.80. The number of aromatic nitrogens is 1. The van der Waals surface area contributed by atoms with E-state index in [1.165, 1.54) is 0 Å². The molecule has 0 spiro atoms. The lowest BCUT2D eigenvalue weighted by Crippen LogP contribution is -2.40. The van der Waals surface area contributed by atoms with E-state index in [9.17, 15) is 4.79 Å². The summed E-state index contributed by atoms with van der Waals surface area (Å²) < 4.78 is 5.61. The number of anilines is 2. The molecule has 1 aliphatic heterocycles. The highest BCUT2D eigenvalue weighted by Gasteiger charge is 2.24. The van der Waals surface area contributed by atoms with Gasteiger partial charge in [-0.1, -0.05) is 0 Å². The van der Waals surface area contributed by atoms with Crippen LogP contribution in [0.15, 0.2) is 22.6 Å². The highest BCUT2D eigenvalue weighted by atomic mass is 16.4. The molecule has 1 amide bonds. The minimum Gasteiger partial charge on any atom is -0.423 e. The van der Waals surface area contributed by atoms with Gasteiger partial charge < -0.3 is 20.0 Å². The fourth-order valence-electron chi connectivity index (χ4n) is 2.80. The first-order valence-corrected chi connectivity index (χ1v) is 7.65. The largest absolute Gasteiger partial charge is 0.423 e. The highest BCUT2D eigenvalue weighted by molar-refractivity contribution is 5.94. The van der Waals surface area contributed by atoms with Crippen LogP contribution in [0.4, 0.5) is 11.7 Å². The maximum Gasteiger partial charge on any atom is 0.297 e. The summed E-state index contributed by atoms with van der Waals surface area (Å²) in [4.78, 5) is 18.6. The van der Waals surface area contributed by atoms with Gasteiger partial charge in [0.1, 0.15) is 5.52 Å². The first-order valence-electron chi connectivity index (χ1n) is 7.65. The summed E-state index contributed by atoms with van der Waals surface area (Å²) in [5, 5.41) is 6.36. The zero-order valence-corrected chi connectivity index (χ0v) is 13.2. The summed E-state index contributed by atoms with van der Waals surface area (Å²) in [6.45, 7) is 3.01. The van der Waals surface area contributed by atoms with Gasteiger partial charge in [0.05, 0.1) is 0 Å². The van der Waals surface area contributed by atoms with Crippen molar-refractivity contribution in [1.29, 1.82) is 0 Å². The van der Waals surface area contributed by atoms with Crippen LogP contribution in [0.5, 0.6) is 0 Å². The van der Waals surface area contributed by atoms with Gasteiger partial charge in [0.2, 0.25) is 5.91 Å². The molecule has 22 heavy (non-hydrogen) atoms. The molecule has 0 aliphatic carbocycles. The van der Waals surface area contributed by atoms with Gasteiger partial charge in [0, 0.05) is 31.7 Å². The molecule has 0 unspecified atom stereocenters. The molecule has 0 saturated carbocycles. The Balaban J connectivity index is 1.74. The van der Waals surface area contributed by atoms with Crippen molar-refractivity contribution in [2.45, 2.75) is 25.8 Å². The molecule has 3 rings (SSSR count). The monoisotopic (exact) mass is 302 g/mol. The molecule has 1 saturated heterocycles. The maximum atomic E-state index is 12.4. The number of amides is 1. The first-order chi connectivity index (χ1) is 10.5. The topological polar surface area (TPSA) is 70.4 Å². The lowest BCUT2D eigenvalue weighted by atomic mass is 9.92. The van der Waals surface area contributed by atoms with Crippen LogP contribution in [0.25, 0.3) is 11.1 Å². The Hall–Kier alpha value is -2.08. The first kappa shape index (κ1) is 14.8. The summed E-state index contributed by atoms with van der Waals surface area (Å²) in [5.41, 5.74) is 2.24. The number of hydrogen-bond donors (Lipinski definition) is 2. The van der Waals surface area contributed by atoms with Crippen LogP contribution in [0.3, 0.4) is 0 Å². The van der Waals surface area contributed by atoms with E-state index in [1.807, 2.05) is 37.2 Å². The number of nitrogens with zero attached hydrogens (tertiary/aromatic N) is 2. The molecule has 2 heterocycles. The van der Waals surface area contributed by atoms with E-state index in [2.05, 4.69) is 22.5 Å². The molecule has 0 bridgehead atoms. The van der Waals surface area contributed by atoms with Crippen molar-refractivity contribution >= 4 is 28.7 Å².